The van der Waals surface area contributed by atoms with Gasteiger partial charge in [0.15, 0.2) is 5.82 Å². The highest BCUT2D eigenvalue weighted by atomic mass is 35.5. The Labute approximate surface area is 292 Å². The Morgan fingerprint density at radius 1 is 0.939 bits per heavy atom. The molecule has 0 radical (unpaired) electrons. The number of rotatable bonds is 10. The number of piperazine rings is 1. The zero-order valence-corrected chi connectivity index (χ0v) is 29.9. The number of halogens is 1. The zero-order valence-electron chi connectivity index (χ0n) is 28.4. The smallest absolute Gasteiger partial charge is 0.232 e. The number of benzene rings is 2. The van der Waals surface area contributed by atoms with E-state index >= 15 is 0 Å². The van der Waals surface area contributed by atoms with Crippen molar-refractivity contribution < 1.29 is 13.2 Å². The summed E-state index contributed by atoms with van der Waals surface area (Å²) < 4.78 is 32.3. The van der Waals surface area contributed by atoms with Gasteiger partial charge in [0, 0.05) is 76.5 Å². The Kier molecular flexibility index (Phi) is 9.39. The molecular formula is C34H43ClN10O3S. The molecule has 4 heterocycles. The van der Waals surface area contributed by atoms with Crippen LogP contribution in [0.5, 0.6) is 5.75 Å². The summed E-state index contributed by atoms with van der Waals surface area (Å²) >= 11 is 6.59. The van der Waals surface area contributed by atoms with Gasteiger partial charge < -0.3 is 25.2 Å². The minimum absolute atomic E-state index is 0.263. The van der Waals surface area contributed by atoms with Crippen molar-refractivity contribution in [1.82, 2.24) is 29.7 Å². The van der Waals surface area contributed by atoms with Gasteiger partial charge in [0.2, 0.25) is 16.0 Å². The van der Waals surface area contributed by atoms with E-state index in [-0.39, 0.29) is 5.02 Å². The number of anilines is 6. The summed E-state index contributed by atoms with van der Waals surface area (Å²) in [5.74, 6) is 1.83. The Balaban J connectivity index is 1.14. The summed E-state index contributed by atoms with van der Waals surface area (Å²) in [6.45, 7) is 6.66. The lowest BCUT2D eigenvalue weighted by Gasteiger charge is -2.43. The molecule has 49 heavy (non-hydrogen) atoms. The first-order valence-corrected chi connectivity index (χ1v) is 19.0. The normalized spacial score (nSPS) is 18.1. The summed E-state index contributed by atoms with van der Waals surface area (Å²) in [7, 11) is 1.73. The summed E-state index contributed by atoms with van der Waals surface area (Å²) in [5.41, 5.74) is 5.09. The van der Waals surface area contributed by atoms with Crippen molar-refractivity contribution in [3.8, 4) is 5.75 Å². The van der Waals surface area contributed by atoms with Crippen molar-refractivity contribution in [3.63, 3.8) is 0 Å². The van der Waals surface area contributed by atoms with E-state index in [0.29, 0.717) is 51.9 Å². The molecule has 260 valence electrons. The van der Waals surface area contributed by atoms with Crippen molar-refractivity contribution >= 4 is 67.2 Å². The molecule has 13 nitrogen and oxygen atoms in total. The van der Waals surface area contributed by atoms with Gasteiger partial charge in [0.25, 0.3) is 0 Å². The minimum atomic E-state index is -3.63. The SMILES string of the molecule is COc1cc(N2CCC(N3CCN(C)CC3)CC2)c(C2CC2)cc1Nc1ncc(Cl)c(Nc2ccc3nccnc3c2N(C)S(C)(=O)=O)n1. The van der Waals surface area contributed by atoms with Gasteiger partial charge in [-0.1, -0.05) is 11.6 Å². The minimum Gasteiger partial charge on any atom is -0.494 e. The number of aromatic nitrogens is 4. The van der Waals surface area contributed by atoms with E-state index in [1.807, 2.05) is 0 Å². The highest BCUT2D eigenvalue weighted by molar-refractivity contribution is 7.92. The largest absolute Gasteiger partial charge is 0.494 e. The fraction of sp³-hybridized carbons (Fsp3) is 0.471. The first kappa shape index (κ1) is 33.5. The molecule has 0 spiro atoms. The molecule has 7 rings (SSSR count). The molecular weight excluding hydrogens is 664 g/mol. The molecule has 15 heteroatoms. The molecule has 2 saturated heterocycles. The monoisotopic (exact) mass is 706 g/mol. The molecule has 1 aliphatic carbocycles. The topological polar surface area (TPSA) is 132 Å². The highest BCUT2D eigenvalue weighted by Gasteiger charge is 2.32. The molecule has 2 aromatic heterocycles. The second-order valence-corrected chi connectivity index (χ2v) is 15.6. The second kappa shape index (κ2) is 13.7. The van der Waals surface area contributed by atoms with E-state index in [2.05, 4.69) is 59.5 Å². The van der Waals surface area contributed by atoms with Crippen LogP contribution >= 0.6 is 11.6 Å². The average Bonchev–Trinajstić information content (AvgIpc) is 3.95. The number of nitrogens with zero attached hydrogens (tertiary/aromatic N) is 8. The van der Waals surface area contributed by atoms with Crippen molar-refractivity contribution in [2.24, 2.45) is 0 Å². The molecule has 4 aromatic rings. The van der Waals surface area contributed by atoms with Crippen LogP contribution in [-0.4, -0.2) is 111 Å². The van der Waals surface area contributed by atoms with Gasteiger partial charge in [0.1, 0.15) is 22.0 Å². The molecule has 0 atom stereocenters. The number of sulfonamides is 1. The van der Waals surface area contributed by atoms with Crippen LogP contribution in [0.2, 0.25) is 5.02 Å². The van der Waals surface area contributed by atoms with Crippen molar-refractivity contribution in [1.29, 1.82) is 0 Å². The number of likely N-dealkylation sites (N-methyl/N-ethyl adjacent to an activating group) is 1. The summed E-state index contributed by atoms with van der Waals surface area (Å²) in [5, 5.41) is 6.86. The molecule has 0 amide bonds. The fourth-order valence-electron chi connectivity index (χ4n) is 6.88. The molecule has 2 aromatic carbocycles. The quantitative estimate of drug-likeness (QED) is 0.229. The number of methoxy groups -OCH3 is 1. The summed E-state index contributed by atoms with van der Waals surface area (Å²) in [6, 6.07) is 8.48. The number of nitrogens with one attached hydrogen (secondary N) is 2. The number of ether oxygens (including phenoxy) is 1. The van der Waals surface area contributed by atoms with Crippen LogP contribution in [0.15, 0.2) is 42.9 Å². The molecule has 2 aliphatic heterocycles. The van der Waals surface area contributed by atoms with Gasteiger partial charge in [0.05, 0.1) is 36.5 Å². The maximum atomic E-state index is 12.6. The van der Waals surface area contributed by atoms with Crippen LogP contribution in [0.3, 0.4) is 0 Å². The number of hydrogen-bond donors (Lipinski definition) is 2. The Morgan fingerprint density at radius 3 is 2.37 bits per heavy atom. The van der Waals surface area contributed by atoms with Gasteiger partial charge in [-0.15, -0.1) is 0 Å². The summed E-state index contributed by atoms with van der Waals surface area (Å²) in [4.78, 5) is 25.6. The first-order valence-electron chi connectivity index (χ1n) is 16.7. The van der Waals surface area contributed by atoms with Gasteiger partial charge in [-0.05, 0) is 62.4 Å². The highest BCUT2D eigenvalue weighted by Crippen LogP contribution is 2.48. The molecule has 2 N–H and O–H groups in total. The van der Waals surface area contributed by atoms with Crippen molar-refractivity contribution in [2.45, 2.75) is 37.6 Å². The maximum absolute atomic E-state index is 12.6. The van der Waals surface area contributed by atoms with Crippen LogP contribution in [0.1, 0.15) is 37.2 Å². The molecule has 0 bridgehead atoms. The molecule has 3 fully saturated rings. The Hall–Kier alpha value is -3.98. The van der Waals surface area contributed by atoms with Crippen molar-refractivity contribution in [2.75, 3.05) is 86.6 Å². The third-order valence-electron chi connectivity index (χ3n) is 9.90. The Morgan fingerprint density at radius 2 is 1.67 bits per heavy atom. The van der Waals surface area contributed by atoms with E-state index in [1.165, 1.54) is 47.8 Å². The Bertz CT molecular complexity index is 1940. The van der Waals surface area contributed by atoms with E-state index in [1.54, 1.807) is 25.4 Å². The van der Waals surface area contributed by atoms with Crippen molar-refractivity contribution in [3.05, 3.63) is 53.4 Å². The molecule has 3 aliphatic rings. The third-order valence-corrected chi connectivity index (χ3v) is 11.3. The molecule has 0 unspecified atom stereocenters. The van der Waals surface area contributed by atoms with Crippen LogP contribution in [-0.2, 0) is 10.0 Å². The second-order valence-electron chi connectivity index (χ2n) is 13.2. The van der Waals surface area contributed by atoms with E-state index < -0.39 is 10.0 Å². The maximum Gasteiger partial charge on any atom is 0.232 e. The standard InChI is InChI=1S/C34H43ClN10O3S/c1-42-15-17-44(18-16-42)23-9-13-45(14-10-23)29-20-30(48-3)28(19-24(29)22-5-6-22)40-34-38-21-25(35)33(41-34)39-27-8-7-26-31(37-12-11-36-26)32(27)43(2)49(4,46)47/h7-8,11-12,19-23H,5-6,9-10,13-18H2,1-4H3,(H2,38,39,40,41). The summed E-state index contributed by atoms with van der Waals surface area (Å²) in [6.07, 6.45) is 10.4. The van der Waals surface area contributed by atoms with Crippen LogP contribution in [0.25, 0.3) is 11.0 Å². The van der Waals surface area contributed by atoms with Gasteiger partial charge >= 0.3 is 0 Å². The fourth-order valence-corrected chi connectivity index (χ4v) is 7.53. The van der Waals surface area contributed by atoms with Gasteiger partial charge in [-0.3, -0.25) is 19.2 Å². The van der Waals surface area contributed by atoms with Crippen LogP contribution < -0.4 is 24.6 Å². The number of hydrogen-bond acceptors (Lipinski definition) is 12. The average molecular weight is 707 g/mol. The van der Waals surface area contributed by atoms with E-state index in [0.717, 1.165) is 64.1 Å². The molecule has 1 saturated carbocycles. The number of piperidine rings is 1. The van der Waals surface area contributed by atoms with E-state index in [9.17, 15) is 8.42 Å². The lowest BCUT2D eigenvalue weighted by molar-refractivity contribution is 0.0982. The lowest BCUT2D eigenvalue weighted by atomic mass is 9.99. The zero-order chi connectivity index (χ0) is 34.3. The first-order chi connectivity index (χ1) is 23.6. The van der Waals surface area contributed by atoms with Crippen LogP contribution in [0, 0.1) is 0 Å². The predicted molar refractivity (Wildman–Crippen MR) is 196 cm³/mol. The predicted octanol–water partition coefficient (Wildman–Crippen LogP) is 5.06. The third kappa shape index (κ3) is 7.18. The lowest BCUT2D eigenvalue weighted by Crippen LogP contribution is -2.52. The van der Waals surface area contributed by atoms with Gasteiger partial charge in [-0.25, -0.2) is 13.4 Å². The van der Waals surface area contributed by atoms with Gasteiger partial charge in [-0.2, -0.15) is 4.98 Å². The number of fused-ring (bicyclic) bond motifs is 1. The van der Waals surface area contributed by atoms with Crippen LogP contribution in [0.4, 0.5) is 34.5 Å². The van der Waals surface area contributed by atoms with E-state index in [4.69, 9.17) is 21.3 Å².